The van der Waals surface area contributed by atoms with Gasteiger partial charge in [0.2, 0.25) is 0 Å². The van der Waals surface area contributed by atoms with Gasteiger partial charge in [-0.25, -0.2) is 9.18 Å². The standard InChI is InChI=1S/C26H37FN4O5/c1-16(2)14-31(20-8-6-5-7-9-20)25-21(27)11-18(19(15-35-4)13-24(32)33)12-22(25)28-26(34)29-23-10-17(3)36-30-23/h10-12,16,19-20H,5-9,13-15H2,1-4H3,(H,32,33)(H2,28,29,30,34). The number of carbonyl (C=O) groups is 2. The molecule has 2 aromatic rings. The van der Waals surface area contributed by atoms with Gasteiger partial charge in [-0.15, -0.1) is 0 Å². The smallest absolute Gasteiger partial charge is 0.325 e. The minimum Gasteiger partial charge on any atom is -0.481 e. The number of hydrogen-bond donors (Lipinski definition) is 3. The summed E-state index contributed by atoms with van der Waals surface area (Å²) in [5.74, 6) is -1.06. The summed E-state index contributed by atoms with van der Waals surface area (Å²) in [6.07, 6.45) is 4.97. The van der Waals surface area contributed by atoms with Crippen LogP contribution in [-0.4, -0.2) is 48.6 Å². The van der Waals surface area contributed by atoms with Crippen molar-refractivity contribution in [3.05, 3.63) is 35.3 Å². The van der Waals surface area contributed by atoms with Crippen molar-refractivity contribution in [1.82, 2.24) is 5.16 Å². The zero-order chi connectivity index (χ0) is 26.2. The van der Waals surface area contributed by atoms with E-state index in [0.29, 0.717) is 23.6 Å². The number of benzene rings is 1. The number of carbonyl (C=O) groups excluding carboxylic acids is 1. The molecule has 0 bridgehead atoms. The van der Waals surface area contributed by atoms with E-state index in [1.165, 1.54) is 13.2 Å². The number of amides is 2. The van der Waals surface area contributed by atoms with Crippen LogP contribution in [0.25, 0.3) is 0 Å². The van der Waals surface area contributed by atoms with Gasteiger partial charge in [0.15, 0.2) is 5.82 Å². The highest BCUT2D eigenvalue weighted by atomic mass is 19.1. The van der Waals surface area contributed by atoms with Crippen molar-refractivity contribution in [2.24, 2.45) is 5.92 Å². The van der Waals surface area contributed by atoms with Crippen LogP contribution in [0.3, 0.4) is 0 Å². The molecule has 0 saturated heterocycles. The van der Waals surface area contributed by atoms with Gasteiger partial charge in [-0.05, 0) is 43.4 Å². The molecule has 0 spiro atoms. The van der Waals surface area contributed by atoms with Gasteiger partial charge in [0.05, 0.1) is 24.4 Å². The van der Waals surface area contributed by atoms with Crippen LogP contribution in [0.5, 0.6) is 0 Å². The number of carboxylic acid groups (broad SMARTS) is 1. The number of urea groups is 1. The number of ether oxygens (including phenoxy) is 1. The third-order valence-electron chi connectivity index (χ3n) is 6.33. The summed E-state index contributed by atoms with van der Waals surface area (Å²) in [4.78, 5) is 26.4. The first-order chi connectivity index (χ1) is 17.2. The number of aryl methyl sites for hydroxylation is 1. The highest BCUT2D eigenvalue weighted by Gasteiger charge is 2.29. The Labute approximate surface area is 211 Å². The van der Waals surface area contributed by atoms with Crippen LogP contribution in [0.4, 0.5) is 26.4 Å². The van der Waals surface area contributed by atoms with Crippen molar-refractivity contribution in [3.63, 3.8) is 0 Å². The molecule has 1 aromatic carbocycles. The highest BCUT2D eigenvalue weighted by molar-refractivity contribution is 6.01. The van der Waals surface area contributed by atoms with E-state index in [2.05, 4.69) is 34.5 Å². The molecule has 0 aliphatic heterocycles. The molecule has 1 aromatic heterocycles. The first kappa shape index (κ1) is 27.4. The Kier molecular flexibility index (Phi) is 9.69. The molecule has 1 aliphatic rings. The van der Waals surface area contributed by atoms with Gasteiger partial charge in [-0.3, -0.25) is 10.1 Å². The number of carboxylic acids is 1. The molecule has 3 rings (SSSR count). The lowest BCUT2D eigenvalue weighted by atomic mass is 9.91. The number of nitrogens with one attached hydrogen (secondary N) is 2. The Bertz CT molecular complexity index is 1040. The topological polar surface area (TPSA) is 117 Å². The zero-order valence-electron chi connectivity index (χ0n) is 21.5. The van der Waals surface area contributed by atoms with Crippen molar-refractivity contribution in [3.8, 4) is 0 Å². The largest absolute Gasteiger partial charge is 0.481 e. The maximum absolute atomic E-state index is 16.0. The average Bonchev–Trinajstić information content (AvgIpc) is 3.21. The van der Waals surface area contributed by atoms with Crippen LogP contribution < -0.4 is 15.5 Å². The SMILES string of the molecule is COCC(CC(=O)O)c1cc(F)c(N(CC(C)C)C2CCCCC2)c(NC(=O)Nc2cc(C)on2)c1. The molecular formula is C26H37FN4O5. The van der Waals surface area contributed by atoms with Gasteiger partial charge in [0.1, 0.15) is 11.6 Å². The quantitative estimate of drug-likeness (QED) is 0.356. The molecule has 36 heavy (non-hydrogen) atoms. The van der Waals surface area contributed by atoms with Crippen LogP contribution in [0, 0.1) is 18.7 Å². The molecule has 3 N–H and O–H groups in total. The fraction of sp³-hybridized carbons (Fsp3) is 0.577. The summed E-state index contributed by atoms with van der Waals surface area (Å²) in [5.41, 5.74) is 1.04. The number of rotatable bonds is 11. The first-order valence-corrected chi connectivity index (χ1v) is 12.5. The van der Waals surface area contributed by atoms with E-state index in [0.717, 1.165) is 32.1 Å². The van der Waals surface area contributed by atoms with Gasteiger partial charge in [0, 0.05) is 31.7 Å². The Hall–Kier alpha value is -3.14. The number of anilines is 3. The van der Waals surface area contributed by atoms with Gasteiger partial charge < -0.3 is 24.6 Å². The van der Waals surface area contributed by atoms with Crippen LogP contribution in [-0.2, 0) is 9.53 Å². The fourth-order valence-corrected chi connectivity index (χ4v) is 4.83. The summed E-state index contributed by atoms with van der Waals surface area (Å²) in [6.45, 7) is 6.59. The van der Waals surface area contributed by atoms with Crippen molar-refractivity contribution < 1.29 is 28.3 Å². The van der Waals surface area contributed by atoms with Crippen LogP contribution >= 0.6 is 0 Å². The Morgan fingerprint density at radius 2 is 1.94 bits per heavy atom. The van der Waals surface area contributed by atoms with Crippen LogP contribution in [0.2, 0.25) is 0 Å². The van der Waals surface area contributed by atoms with E-state index in [1.807, 2.05) is 0 Å². The molecule has 2 amide bonds. The lowest BCUT2D eigenvalue weighted by molar-refractivity contribution is -0.137. The molecule has 1 saturated carbocycles. The average molecular weight is 505 g/mol. The Balaban J connectivity index is 2.04. The van der Waals surface area contributed by atoms with Crippen molar-refractivity contribution >= 4 is 29.2 Å². The second-order valence-electron chi connectivity index (χ2n) is 9.89. The molecule has 198 valence electrons. The second kappa shape index (κ2) is 12.7. The number of methoxy groups -OCH3 is 1. The predicted molar refractivity (Wildman–Crippen MR) is 136 cm³/mol. The molecule has 1 atom stereocenters. The minimum absolute atomic E-state index is 0.104. The molecular weight excluding hydrogens is 467 g/mol. The maximum Gasteiger partial charge on any atom is 0.325 e. The molecule has 0 radical (unpaired) electrons. The van der Waals surface area contributed by atoms with Gasteiger partial charge in [-0.1, -0.05) is 38.3 Å². The number of nitrogens with zero attached hydrogens (tertiary/aromatic N) is 2. The van der Waals surface area contributed by atoms with E-state index in [1.54, 1.807) is 19.1 Å². The van der Waals surface area contributed by atoms with Crippen LogP contribution in [0.15, 0.2) is 22.7 Å². The van der Waals surface area contributed by atoms with E-state index in [4.69, 9.17) is 9.26 Å². The van der Waals surface area contributed by atoms with Crippen LogP contribution in [0.1, 0.15) is 69.6 Å². The van der Waals surface area contributed by atoms with Gasteiger partial charge >= 0.3 is 12.0 Å². The van der Waals surface area contributed by atoms with E-state index < -0.39 is 23.7 Å². The van der Waals surface area contributed by atoms with E-state index >= 15 is 4.39 Å². The second-order valence-corrected chi connectivity index (χ2v) is 9.89. The minimum atomic E-state index is -1.01. The monoisotopic (exact) mass is 504 g/mol. The molecule has 9 nitrogen and oxygen atoms in total. The number of aromatic nitrogens is 1. The fourth-order valence-electron chi connectivity index (χ4n) is 4.83. The number of hydrogen-bond acceptors (Lipinski definition) is 6. The Morgan fingerprint density at radius 1 is 1.22 bits per heavy atom. The molecule has 1 heterocycles. The number of aliphatic carboxylic acids is 1. The third kappa shape index (κ3) is 7.43. The zero-order valence-corrected chi connectivity index (χ0v) is 21.5. The predicted octanol–water partition coefficient (Wildman–Crippen LogP) is 5.77. The number of halogens is 1. The van der Waals surface area contributed by atoms with Gasteiger partial charge in [0.25, 0.3) is 0 Å². The van der Waals surface area contributed by atoms with Gasteiger partial charge in [-0.2, -0.15) is 0 Å². The third-order valence-corrected chi connectivity index (χ3v) is 6.33. The molecule has 1 fully saturated rings. The van der Waals surface area contributed by atoms with E-state index in [9.17, 15) is 14.7 Å². The summed E-state index contributed by atoms with van der Waals surface area (Å²) in [5, 5.41) is 18.6. The first-order valence-electron chi connectivity index (χ1n) is 12.5. The summed E-state index contributed by atoms with van der Waals surface area (Å²) >= 11 is 0. The maximum atomic E-state index is 16.0. The lowest BCUT2D eigenvalue weighted by Gasteiger charge is -2.38. The molecule has 1 unspecified atom stereocenters. The highest BCUT2D eigenvalue weighted by Crippen LogP contribution is 2.38. The molecule has 1 aliphatic carbocycles. The Morgan fingerprint density at radius 3 is 2.53 bits per heavy atom. The lowest BCUT2D eigenvalue weighted by Crippen LogP contribution is -2.40. The summed E-state index contributed by atoms with van der Waals surface area (Å²) < 4.78 is 26.2. The van der Waals surface area contributed by atoms with Crippen molar-refractivity contribution in [2.75, 3.05) is 35.8 Å². The van der Waals surface area contributed by atoms with E-state index in [-0.39, 0.29) is 36.5 Å². The summed E-state index contributed by atoms with van der Waals surface area (Å²) in [6, 6.07) is 4.16. The summed E-state index contributed by atoms with van der Waals surface area (Å²) in [7, 11) is 1.47. The van der Waals surface area contributed by atoms with Crippen molar-refractivity contribution in [2.45, 2.75) is 71.3 Å². The molecule has 10 heteroatoms. The van der Waals surface area contributed by atoms with Crippen molar-refractivity contribution in [1.29, 1.82) is 0 Å². The normalized spacial score (nSPS) is 15.1.